The molecule has 90 valence electrons. The van der Waals surface area contributed by atoms with Gasteiger partial charge in [-0.2, -0.15) is 5.10 Å². The van der Waals surface area contributed by atoms with Gasteiger partial charge < -0.3 is 5.73 Å². The summed E-state index contributed by atoms with van der Waals surface area (Å²) < 4.78 is 0. The van der Waals surface area contributed by atoms with Crippen LogP contribution in [-0.2, 0) is 0 Å². The lowest BCUT2D eigenvalue weighted by Gasteiger charge is -2.02. The van der Waals surface area contributed by atoms with Crippen molar-refractivity contribution in [3.8, 4) is 11.3 Å². The SMILES string of the molecule is C/C=C(\C)c1n[nH]c2c1C(=O)c1c(N)cccc1-2. The Morgan fingerprint density at radius 1 is 1.39 bits per heavy atom. The van der Waals surface area contributed by atoms with Gasteiger partial charge >= 0.3 is 0 Å². The average Bonchev–Trinajstić information content (AvgIpc) is 2.91. The first-order chi connectivity index (χ1) is 8.65. The van der Waals surface area contributed by atoms with Crippen molar-refractivity contribution in [2.45, 2.75) is 13.8 Å². The first-order valence-corrected chi connectivity index (χ1v) is 5.80. The Balaban J connectivity index is 2.32. The lowest BCUT2D eigenvalue weighted by molar-refractivity contribution is 0.104. The van der Waals surface area contributed by atoms with E-state index in [0.717, 1.165) is 16.8 Å². The molecule has 3 N–H and O–H groups in total. The minimum atomic E-state index is -0.0388. The van der Waals surface area contributed by atoms with Gasteiger partial charge in [-0.25, -0.2) is 0 Å². The maximum absolute atomic E-state index is 12.4. The molecule has 0 atom stereocenters. The van der Waals surface area contributed by atoms with E-state index in [2.05, 4.69) is 10.2 Å². The van der Waals surface area contributed by atoms with E-state index < -0.39 is 0 Å². The molecule has 18 heavy (non-hydrogen) atoms. The van der Waals surface area contributed by atoms with E-state index in [9.17, 15) is 4.79 Å². The van der Waals surface area contributed by atoms with E-state index in [1.54, 1.807) is 6.07 Å². The Hall–Kier alpha value is -2.36. The number of aromatic amines is 1. The van der Waals surface area contributed by atoms with Crippen LogP contribution in [0.15, 0.2) is 24.3 Å². The van der Waals surface area contributed by atoms with Gasteiger partial charge in [-0.05, 0) is 25.5 Å². The second kappa shape index (κ2) is 3.57. The predicted octanol–water partition coefficient (Wildman–Crippen LogP) is 2.63. The van der Waals surface area contributed by atoms with Crippen LogP contribution < -0.4 is 5.73 Å². The van der Waals surface area contributed by atoms with Crippen LogP contribution in [0.2, 0.25) is 0 Å². The molecule has 0 unspecified atom stereocenters. The number of aromatic nitrogens is 2. The summed E-state index contributed by atoms with van der Waals surface area (Å²) in [5.74, 6) is -0.0388. The van der Waals surface area contributed by atoms with Crippen molar-refractivity contribution in [3.63, 3.8) is 0 Å². The van der Waals surface area contributed by atoms with Gasteiger partial charge in [0.25, 0.3) is 0 Å². The van der Waals surface area contributed by atoms with Crippen molar-refractivity contribution in [3.05, 3.63) is 41.1 Å². The molecule has 0 saturated carbocycles. The Morgan fingerprint density at radius 3 is 2.89 bits per heavy atom. The van der Waals surface area contributed by atoms with E-state index in [1.807, 2.05) is 32.1 Å². The molecule has 3 rings (SSSR count). The van der Waals surface area contributed by atoms with Crippen molar-refractivity contribution >= 4 is 17.0 Å². The number of anilines is 1. The molecule has 0 saturated heterocycles. The number of carbonyl (C=O) groups is 1. The normalized spacial score (nSPS) is 13.7. The zero-order valence-corrected chi connectivity index (χ0v) is 10.2. The van der Waals surface area contributed by atoms with E-state index in [0.29, 0.717) is 22.5 Å². The van der Waals surface area contributed by atoms with Gasteiger partial charge in [0.1, 0.15) is 0 Å². The second-order valence-electron chi connectivity index (χ2n) is 4.39. The Bertz CT molecular complexity index is 695. The van der Waals surface area contributed by atoms with Crippen LogP contribution in [0.25, 0.3) is 16.8 Å². The average molecular weight is 239 g/mol. The summed E-state index contributed by atoms with van der Waals surface area (Å²) in [6.07, 6.45) is 1.94. The van der Waals surface area contributed by atoms with Crippen LogP contribution in [0.4, 0.5) is 5.69 Å². The van der Waals surface area contributed by atoms with Crippen LogP contribution in [0.3, 0.4) is 0 Å². The zero-order valence-electron chi connectivity index (χ0n) is 10.2. The molecule has 1 aromatic carbocycles. The second-order valence-corrected chi connectivity index (χ2v) is 4.39. The number of rotatable bonds is 1. The topological polar surface area (TPSA) is 71.8 Å². The highest BCUT2D eigenvalue weighted by Crippen LogP contribution is 2.40. The van der Waals surface area contributed by atoms with Crippen LogP contribution in [0, 0.1) is 0 Å². The lowest BCUT2D eigenvalue weighted by Crippen LogP contribution is -2.02. The standard InChI is InChI=1S/C14H13N3O/c1-3-7(2)12-11-13(17-16-12)8-5-4-6-9(15)10(8)14(11)18/h3-6H,15H2,1-2H3,(H,16,17)/b7-3+. The zero-order chi connectivity index (χ0) is 12.9. The number of benzene rings is 1. The molecule has 4 heteroatoms. The van der Waals surface area contributed by atoms with Gasteiger partial charge in [0, 0.05) is 11.3 Å². The van der Waals surface area contributed by atoms with Gasteiger partial charge in [0.2, 0.25) is 0 Å². The van der Waals surface area contributed by atoms with Crippen LogP contribution in [0.1, 0.15) is 35.5 Å². The molecule has 1 aliphatic carbocycles. The third-order valence-electron chi connectivity index (χ3n) is 3.39. The fourth-order valence-electron chi connectivity index (χ4n) is 2.34. The van der Waals surface area contributed by atoms with Crippen molar-refractivity contribution in [2.24, 2.45) is 0 Å². The third-order valence-corrected chi connectivity index (χ3v) is 3.39. The number of hydrogen-bond donors (Lipinski definition) is 2. The Labute approximate surface area is 105 Å². The first kappa shape index (κ1) is 10.8. The highest BCUT2D eigenvalue weighted by Gasteiger charge is 2.33. The van der Waals surface area contributed by atoms with Gasteiger partial charge in [-0.3, -0.25) is 9.89 Å². The predicted molar refractivity (Wildman–Crippen MR) is 71.2 cm³/mol. The summed E-state index contributed by atoms with van der Waals surface area (Å²) in [6, 6.07) is 5.49. The van der Waals surface area contributed by atoms with Crippen molar-refractivity contribution in [1.82, 2.24) is 10.2 Å². The first-order valence-electron chi connectivity index (χ1n) is 5.80. The van der Waals surface area contributed by atoms with Gasteiger partial charge in [0.15, 0.2) is 5.78 Å². The molecule has 4 nitrogen and oxygen atoms in total. The van der Waals surface area contributed by atoms with Crippen molar-refractivity contribution < 1.29 is 4.79 Å². The molecule has 2 aromatic rings. The lowest BCUT2D eigenvalue weighted by atomic mass is 10.0. The Kier molecular flexibility index (Phi) is 2.13. The number of nitrogen functional groups attached to an aromatic ring is 1. The third kappa shape index (κ3) is 1.20. The number of carbonyl (C=O) groups excluding carboxylic acids is 1. The highest BCUT2D eigenvalue weighted by molar-refractivity contribution is 6.25. The summed E-state index contributed by atoms with van der Waals surface area (Å²) >= 11 is 0. The number of nitrogens with two attached hydrogens (primary N) is 1. The number of ketones is 1. The minimum Gasteiger partial charge on any atom is -0.398 e. The number of nitrogens with zero attached hydrogens (tertiary/aromatic N) is 1. The molecule has 0 bridgehead atoms. The summed E-state index contributed by atoms with van der Waals surface area (Å²) in [6.45, 7) is 3.87. The number of fused-ring (bicyclic) bond motifs is 3. The van der Waals surface area contributed by atoms with Crippen LogP contribution in [-0.4, -0.2) is 16.0 Å². The van der Waals surface area contributed by atoms with Gasteiger partial charge in [-0.1, -0.05) is 18.2 Å². The number of nitrogens with one attached hydrogen (secondary N) is 1. The minimum absolute atomic E-state index is 0.0388. The van der Waals surface area contributed by atoms with Gasteiger partial charge in [-0.15, -0.1) is 0 Å². The van der Waals surface area contributed by atoms with Gasteiger partial charge in [0.05, 0.1) is 22.5 Å². The van der Waals surface area contributed by atoms with Crippen LogP contribution in [0.5, 0.6) is 0 Å². The molecule has 0 radical (unpaired) electrons. The molecule has 0 aliphatic heterocycles. The highest BCUT2D eigenvalue weighted by atomic mass is 16.1. The number of allylic oxidation sites excluding steroid dienone is 2. The molecule has 1 heterocycles. The summed E-state index contributed by atoms with van der Waals surface area (Å²) in [7, 11) is 0. The molecule has 1 aliphatic rings. The molecule has 1 aromatic heterocycles. The fraction of sp³-hybridized carbons (Fsp3) is 0.143. The van der Waals surface area contributed by atoms with E-state index in [1.165, 1.54) is 0 Å². The quantitative estimate of drug-likeness (QED) is 0.641. The van der Waals surface area contributed by atoms with Crippen molar-refractivity contribution in [2.75, 3.05) is 5.73 Å². The van der Waals surface area contributed by atoms with Crippen molar-refractivity contribution in [1.29, 1.82) is 0 Å². The summed E-state index contributed by atoms with van der Waals surface area (Å²) in [5.41, 5.74) is 11.0. The largest absolute Gasteiger partial charge is 0.398 e. The summed E-state index contributed by atoms with van der Waals surface area (Å²) in [4.78, 5) is 12.4. The molecular formula is C14H13N3O. The number of hydrogen-bond acceptors (Lipinski definition) is 3. The molecule has 0 amide bonds. The number of H-pyrrole nitrogens is 1. The van der Waals surface area contributed by atoms with E-state index >= 15 is 0 Å². The fourth-order valence-corrected chi connectivity index (χ4v) is 2.34. The van der Waals surface area contributed by atoms with Crippen LogP contribution >= 0.6 is 0 Å². The maximum Gasteiger partial charge on any atom is 0.200 e. The molecule has 0 spiro atoms. The van der Waals surface area contributed by atoms with E-state index in [-0.39, 0.29) is 5.78 Å². The smallest absolute Gasteiger partial charge is 0.200 e. The van der Waals surface area contributed by atoms with E-state index in [4.69, 9.17) is 5.73 Å². The molecular weight excluding hydrogens is 226 g/mol. The monoisotopic (exact) mass is 239 g/mol. The molecule has 0 fully saturated rings. The maximum atomic E-state index is 12.4. The summed E-state index contributed by atoms with van der Waals surface area (Å²) in [5, 5.41) is 7.18. The Morgan fingerprint density at radius 2 is 2.17 bits per heavy atom.